The predicted octanol–water partition coefficient (Wildman–Crippen LogP) is 1.61. The number of aromatic nitrogens is 2. The Morgan fingerprint density at radius 1 is 1.21 bits per heavy atom. The highest BCUT2D eigenvalue weighted by Gasteiger charge is 2.27. The maximum atomic E-state index is 12.4. The molecule has 1 aliphatic rings. The first kappa shape index (κ1) is 19.9. The minimum atomic E-state index is -0.647. The van der Waals surface area contributed by atoms with Crippen LogP contribution in [-0.2, 0) is 4.79 Å². The van der Waals surface area contributed by atoms with Gasteiger partial charge in [-0.2, -0.15) is 5.10 Å². The molecule has 148 valence electrons. The lowest BCUT2D eigenvalue weighted by Gasteiger charge is -2.32. The van der Waals surface area contributed by atoms with Gasteiger partial charge in [-0.05, 0) is 50.1 Å². The summed E-state index contributed by atoms with van der Waals surface area (Å²) in [5, 5.41) is 9.59. The van der Waals surface area contributed by atoms with Crippen molar-refractivity contribution in [2.75, 3.05) is 13.1 Å². The molecule has 1 saturated heterocycles. The van der Waals surface area contributed by atoms with Crippen LogP contribution < -0.4 is 15.6 Å². The highest BCUT2D eigenvalue weighted by Crippen LogP contribution is 2.17. The summed E-state index contributed by atoms with van der Waals surface area (Å²) in [5.41, 5.74) is -0.153. The Bertz CT molecular complexity index is 871. The van der Waals surface area contributed by atoms with Crippen molar-refractivity contribution in [1.82, 2.24) is 20.4 Å². The Morgan fingerprint density at radius 2 is 1.89 bits per heavy atom. The molecule has 2 heterocycles. The second-order valence-corrected chi connectivity index (χ2v) is 7.03. The van der Waals surface area contributed by atoms with Gasteiger partial charge >= 0.3 is 0 Å². The van der Waals surface area contributed by atoms with E-state index in [1.54, 1.807) is 36.1 Å². The van der Waals surface area contributed by atoms with Gasteiger partial charge in [0.05, 0.1) is 0 Å². The van der Waals surface area contributed by atoms with Crippen LogP contribution in [0.2, 0.25) is 5.02 Å². The molecule has 2 amide bonds. The van der Waals surface area contributed by atoms with E-state index in [-0.39, 0.29) is 29.1 Å². The smallest absolute Gasteiger partial charge is 0.274 e. The number of nitrogens with one attached hydrogen (secondary N) is 2. The summed E-state index contributed by atoms with van der Waals surface area (Å²) in [6.07, 6.45) is 0.620. The van der Waals surface area contributed by atoms with E-state index < -0.39 is 6.10 Å². The standard InChI is InChI=1S/C19H21ClN4O4/c1-12(28-15-4-2-13(20)3-5-15)18(26)21-14-8-10-24(11-9-14)19(27)16-6-7-17(25)23-22-16/h2-7,12,14H,8-11H2,1H3,(H,21,26)(H,23,25). The van der Waals surface area contributed by atoms with Crippen molar-refractivity contribution < 1.29 is 14.3 Å². The third kappa shape index (κ3) is 5.10. The number of likely N-dealkylation sites (tertiary alicyclic amines) is 1. The molecular formula is C19H21ClN4O4. The van der Waals surface area contributed by atoms with Crippen LogP contribution in [0.3, 0.4) is 0 Å². The molecule has 2 aromatic rings. The molecule has 1 aliphatic heterocycles. The number of ether oxygens (including phenoxy) is 1. The summed E-state index contributed by atoms with van der Waals surface area (Å²) in [7, 11) is 0. The molecule has 0 saturated carbocycles. The topological polar surface area (TPSA) is 104 Å². The number of halogens is 1. The van der Waals surface area contributed by atoms with E-state index >= 15 is 0 Å². The third-order valence-electron chi connectivity index (χ3n) is 4.52. The number of carbonyl (C=O) groups excluding carboxylic acids is 2. The molecule has 1 atom stereocenters. The van der Waals surface area contributed by atoms with E-state index in [0.29, 0.717) is 36.7 Å². The number of aromatic amines is 1. The molecule has 2 N–H and O–H groups in total. The summed E-state index contributed by atoms with van der Waals surface area (Å²) in [4.78, 5) is 37.5. The van der Waals surface area contributed by atoms with Gasteiger partial charge in [-0.3, -0.25) is 14.4 Å². The van der Waals surface area contributed by atoms with Crippen molar-refractivity contribution >= 4 is 23.4 Å². The van der Waals surface area contributed by atoms with Crippen LogP contribution in [0.1, 0.15) is 30.3 Å². The highest BCUT2D eigenvalue weighted by atomic mass is 35.5. The van der Waals surface area contributed by atoms with Gasteiger partial charge in [0.25, 0.3) is 17.4 Å². The second-order valence-electron chi connectivity index (χ2n) is 6.60. The zero-order valence-electron chi connectivity index (χ0n) is 15.4. The van der Waals surface area contributed by atoms with Gasteiger partial charge in [0.2, 0.25) is 0 Å². The number of rotatable bonds is 5. The molecule has 1 aromatic carbocycles. The Labute approximate surface area is 166 Å². The second kappa shape index (κ2) is 8.88. The molecule has 3 rings (SSSR count). The van der Waals surface area contributed by atoms with Gasteiger partial charge in [-0.1, -0.05) is 11.6 Å². The maximum absolute atomic E-state index is 12.4. The lowest BCUT2D eigenvalue weighted by Crippen LogP contribution is -2.49. The lowest BCUT2D eigenvalue weighted by molar-refractivity contribution is -0.128. The summed E-state index contributed by atoms with van der Waals surface area (Å²) < 4.78 is 5.63. The summed E-state index contributed by atoms with van der Waals surface area (Å²) in [6.45, 7) is 2.68. The number of H-pyrrole nitrogens is 1. The molecule has 1 fully saturated rings. The van der Waals surface area contributed by atoms with E-state index in [1.165, 1.54) is 12.1 Å². The molecule has 0 bridgehead atoms. The Kier molecular flexibility index (Phi) is 6.30. The van der Waals surface area contributed by atoms with E-state index in [2.05, 4.69) is 15.5 Å². The van der Waals surface area contributed by atoms with Gasteiger partial charge in [0.1, 0.15) is 11.4 Å². The first-order valence-electron chi connectivity index (χ1n) is 9.00. The van der Waals surface area contributed by atoms with Crippen LogP contribution in [0.4, 0.5) is 0 Å². The third-order valence-corrected chi connectivity index (χ3v) is 4.77. The first-order chi connectivity index (χ1) is 13.4. The lowest BCUT2D eigenvalue weighted by atomic mass is 10.0. The van der Waals surface area contributed by atoms with Crippen LogP contribution in [-0.4, -0.2) is 52.1 Å². The van der Waals surface area contributed by atoms with Crippen molar-refractivity contribution in [3.8, 4) is 5.75 Å². The normalized spacial score (nSPS) is 15.7. The average molecular weight is 405 g/mol. The molecule has 0 radical (unpaired) electrons. The molecule has 0 aliphatic carbocycles. The number of benzene rings is 1. The number of hydrogen-bond acceptors (Lipinski definition) is 5. The molecule has 1 aromatic heterocycles. The summed E-state index contributed by atoms with van der Waals surface area (Å²) in [5.74, 6) is 0.128. The Hall–Kier alpha value is -2.87. The van der Waals surface area contributed by atoms with Crippen LogP contribution in [0.5, 0.6) is 5.75 Å². The zero-order chi connectivity index (χ0) is 20.1. The molecule has 9 heteroatoms. The number of carbonyl (C=O) groups is 2. The van der Waals surface area contributed by atoms with Gasteiger partial charge in [0.15, 0.2) is 6.10 Å². The molecule has 8 nitrogen and oxygen atoms in total. The summed E-state index contributed by atoms with van der Waals surface area (Å²) in [6, 6.07) is 9.47. The van der Waals surface area contributed by atoms with Crippen molar-refractivity contribution in [2.24, 2.45) is 0 Å². The minimum Gasteiger partial charge on any atom is -0.481 e. The van der Waals surface area contributed by atoms with Crippen molar-refractivity contribution in [3.05, 3.63) is 57.5 Å². The quantitative estimate of drug-likeness (QED) is 0.787. The predicted molar refractivity (Wildman–Crippen MR) is 103 cm³/mol. The van der Waals surface area contributed by atoms with Gasteiger partial charge < -0.3 is 15.0 Å². The van der Waals surface area contributed by atoms with Crippen LogP contribution >= 0.6 is 11.6 Å². The Morgan fingerprint density at radius 3 is 2.50 bits per heavy atom. The SMILES string of the molecule is CC(Oc1ccc(Cl)cc1)C(=O)NC1CCN(C(=O)c2ccc(=O)[nH]n2)CC1. The van der Waals surface area contributed by atoms with E-state index in [4.69, 9.17) is 16.3 Å². The largest absolute Gasteiger partial charge is 0.481 e. The maximum Gasteiger partial charge on any atom is 0.274 e. The first-order valence-corrected chi connectivity index (χ1v) is 9.38. The minimum absolute atomic E-state index is 0.0312. The van der Waals surface area contributed by atoms with Crippen LogP contribution in [0.15, 0.2) is 41.2 Å². The molecule has 0 spiro atoms. The van der Waals surface area contributed by atoms with Crippen molar-refractivity contribution in [1.29, 1.82) is 0 Å². The van der Waals surface area contributed by atoms with Gasteiger partial charge in [-0.15, -0.1) is 0 Å². The fraction of sp³-hybridized carbons (Fsp3) is 0.368. The van der Waals surface area contributed by atoms with Gasteiger partial charge in [0, 0.05) is 30.2 Å². The molecule has 1 unspecified atom stereocenters. The molecule has 28 heavy (non-hydrogen) atoms. The number of piperidine rings is 1. The van der Waals surface area contributed by atoms with E-state index in [0.717, 1.165) is 0 Å². The van der Waals surface area contributed by atoms with E-state index in [9.17, 15) is 14.4 Å². The Balaban J connectivity index is 1.47. The van der Waals surface area contributed by atoms with Crippen LogP contribution in [0.25, 0.3) is 0 Å². The fourth-order valence-electron chi connectivity index (χ4n) is 2.94. The fourth-order valence-corrected chi connectivity index (χ4v) is 3.07. The van der Waals surface area contributed by atoms with Crippen LogP contribution in [0, 0.1) is 0 Å². The molecular weight excluding hydrogens is 384 g/mol. The van der Waals surface area contributed by atoms with Crippen molar-refractivity contribution in [3.63, 3.8) is 0 Å². The monoisotopic (exact) mass is 404 g/mol. The number of hydrogen-bond donors (Lipinski definition) is 2. The number of nitrogens with zero attached hydrogens (tertiary/aromatic N) is 2. The van der Waals surface area contributed by atoms with Gasteiger partial charge in [-0.25, -0.2) is 5.10 Å². The highest BCUT2D eigenvalue weighted by molar-refractivity contribution is 6.30. The summed E-state index contributed by atoms with van der Waals surface area (Å²) >= 11 is 5.84. The zero-order valence-corrected chi connectivity index (χ0v) is 16.1. The number of amides is 2. The van der Waals surface area contributed by atoms with Crippen molar-refractivity contribution in [2.45, 2.75) is 31.9 Å². The average Bonchev–Trinajstić information content (AvgIpc) is 2.70. The van der Waals surface area contributed by atoms with E-state index in [1.807, 2.05) is 0 Å².